The molecule has 19 heavy (non-hydrogen) atoms. The Morgan fingerprint density at radius 2 is 2.16 bits per heavy atom. The van der Waals surface area contributed by atoms with Crippen molar-refractivity contribution in [1.29, 1.82) is 0 Å². The molecule has 0 aliphatic rings. The van der Waals surface area contributed by atoms with Crippen LogP contribution < -0.4 is 5.73 Å². The molecule has 2 N–H and O–H groups in total. The highest BCUT2D eigenvalue weighted by atomic mass is 35.5. The fourth-order valence-electron chi connectivity index (χ4n) is 2.12. The van der Waals surface area contributed by atoms with Gasteiger partial charge in [0.2, 0.25) is 5.95 Å². The summed E-state index contributed by atoms with van der Waals surface area (Å²) >= 11 is 5.74. The number of nitrogens with zero attached hydrogens (tertiary/aromatic N) is 2. The molecule has 104 valence electrons. The third-order valence-electron chi connectivity index (χ3n) is 2.89. The number of fused-ring (bicyclic) bond motifs is 1. The first-order valence-corrected chi connectivity index (χ1v) is 6.46. The van der Waals surface area contributed by atoms with Crippen LogP contribution in [0.25, 0.3) is 11.0 Å². The Morgan fingerprint density at radius 3 is 2.79 bits per heavy atom. The lowest BCUT2D eigenvalue weighted by molar-refractivity contribution is -0.0212. The number of hydrogen-bond donors (Lipinski definition) is 1. The van der Waals surface area contributed by atoms with Crippen LogP contribution in [0, 0.1) is 5.82 Å². The van der Waals surface area contributed by atoms with Crippen LogP contribution >= 0.6 is 11.6 Å². The van der Waals surface area contributed by atoms with E-state index in [-0.39, 0.29) is 5.02 Å². The van der Waals surface area contributed by atoms with Crippen LogP contribution in [0.5, 0.6) is 0 Å². The Hall–Kier alpha value is -1.33. The van der Waals surface area contributed by atoms with E-state index in [0.29, 0.717) is 30.1 Å². The number of aromatic nitrogens is 2. The Kier molecular flexibility index (Phi) is 3.69. The standard InChI is InChI=1S/C13H17ClFN3O/c1-4-19-13(2,3)7-18-11-6-9(15)8(14)5-10(11)17-12(18)16/h5-6H,4,7H2,1-3H3,(H2,16,17). The molecular weight excluding hydrogens is 269 g/mol. The van der Waals surface area contributed by atoms with Crippen molar-refractivity contribution in [3.8, 4) is 0 Å². The first-order valence-electron chi connectivity index (χ1n) is 6.09. The highest BCUT2D eigenvalue weighted by Crippen LogP contribution is 2.26. The highest BCUT2D eigenvalue weighted by molar-refractivity contribution is 6.31. The average Bonchev–Trinajstić information content (AvgIpc) is 2.56. The molecule has 6 heteroatoms. The largest absolute Gasteiger partial charge is 0.374 e. The van der Waals surface area contributed by atoms with Crippen LogP contribution in [0.3, 0.4) is 0 Å². The fourth-order valence-corrected chi connectivity index (χ4v) is 2.28. The van der Waals surface area contributed by atoms with Gasteiger partial charge in [-0.1, -0.05) is 11.6 Å². The van der Waals surface area contributed by atoms with Crippen molar-refractivity contribution in [1.82, 2.24) is 9.55 Å². The van der Waals surface area contributed by atoms with Crippen LogP contribution in [-0.4, -0.2) is 21.8 Å². The summed E-state index contributed by atoms with van der Waals surface area (Å²) in [7, 11) is 0. The molecule has 0 atom stereocenters. The third-order valence-corrected chi connectivity index (χ3v) is 3.18. The lowest BCUT2D eigenvalue weighted by Crippen LogP contribution is -2.31. The number of anilines is 1. The summed E-state index contributed by atoms with van der Waals surface area (Å²) in [6, 6.07) is 2.83. The smallest absolute Gasteiger partial charge is 0.201 e. The predicted octanol–water partition coefficient (Wildman–Crippen LogP) is 3.23. The number of hydrogen-bond acceptors (Lipinski definition) is 3. The van der Waals surface area contributed by atoms with Crippen molar-refractivity contribution >= 4 is 28.6 Å². The maximum atomic E-state index is 13.6. The van der Waals surface area contributed by atoms with Gasteiger partial charge in [-0.25, -0.2) is 9.37 Å². The van der Waals surface area contributed by atoms with E-state index >= 15 is 0 Å². The molecule has 4 nitrogen and oxygen atoms in total. The molecule has 1 heterocycles. The van der Waals surface area contributed by atoms with E-state index in [1.54, 1.807) is 4.57 Å². The monoisotopic (exact) mass is 285 g/mol. The van der Waals surface area contributed by atoms with Crippen LogP contribution in [-0.2, 0) is 11.3 Å². The van der Waals surface area contributed by atoms with E-state index in [0.717, 1.165) is 0 Å². The van der Waals surface area contributed by atoms with Gasteiger partial charge in [-0.15, -0.1) is 0 Å². The molecule has 0 radical (unpaired) electrons. The third kappa shape index (κ3) is 2.82. The summed E-state index contributed by atoms with van der Waals surface area (Å²) in [6.45, 7) is 6.92. The minimum absolute atomic E-state index is 0.0428. The highest BCUT2D eigenvalue weighted by Gasteiger charge is 2.22. The first kappa shape index (κ1) is 14.1. The Morgan fingerprint density at radius 1 is 1.47 bits per heavy atom. The van der Waals surface area contributed by atoms with E-state index in [4.69, 9.17) is 22.1 Å². The number of rotatable bonds is 4. The number of benzene rings is 1. The Labute approximate surface area is 116 Å². The molecule has 0 saturated carbocycles. The number of imidazole rings is 1. The fraction of sp³-hybridized carbons (Fsp3) is 0.462. The van der Waals surface area contributed by atoms with Crippen molar-refractivity contribution in [2.45, 2.75) is 32.9 Å². The number of nitrogen functional groups attached to an aromatic ring is 1. The Balaban J connectivity index is 2.48. The first-order chi connectivity index (χ1) is 8.84. The quantitative estimate of drug-likeness (QED) is 0.938. The predicted molar refractivity (Wildman–Crippen MR) is 74.8 cm³/mol. The van der Waals surface area contributed by atoms with Gasteiger partial charge in [0.1, 0.15) is 5.82 Å². The molecule has 0 unspecified atom stereocenters. The minimum Gasteiger partial charge on any atom is -0.374 e. The molecule has 0 aliphatic heterocycles. The van der Waals surface area contributed by atoms with E-state index in [1.165, 1.54) is 12.1 Å². The molecular formula is C13H17ClFN3O. The zero-order chi connectivity index (χ0) is 14.2. The van der Waals surface area contributed by atoms with Crippen molar-refractivity contribution in [3.63, 3.8) is 0 Å². The van der Waals surface area contributed by atoms with Gasteiger partial charge in [-0.05, 0) is 26.8 Å². The van der Waals surface area contributed by atoms with E-state index in [1.807, 2.05) is 20.8 Å². The van der Waals surface area contributed by atoms with Gasteiger partial charge < -0.3 is 15.0 Å². The second kappa shape index (κ2) is 4.98. The molecule has 2 rings (SSSR count). The van der Waals surface area contributed by atoms with Gasteiger partial charge >= 0.3 is 0 Å². The molecule has 0 amide bonds. The zero-order valence-corrected chi connectivity index (χ0v) is 12.0. The lowest BCUT2D eigenvalue weighted by Gasteiger charge is -2.25. The molecule has 0 fully saturated rings. The SMILES string of the molecule is CCOC(C)(C)Cn1c(N)nc2cc(Cl)c(F)cc21. The van der Waals surface area contributed by atoms with Crippen LogP contribution in [0.2, 0.25) is 5.02 Å². The van der Waals surface area contributed by atoms with Crippen LogP contribution in [0.15, 0.2) is 12.1 Å². The van der Waals surface area contributed by atoms with Crippen molar-refractivity contribution in [2.24, 2.45) is 0 Å². The van der Waals surface area contributed by atoms with Crippen molar-refractivity contribution in [2.75, 3.05) is 12.3 Å². The maximum Gasteiger partial charge on any atom is 0.201 e. The molecule has 1 aromatic heterocycles. The number of ether oxygens (including phenoxy) is 1. The molecule has 1 aromatic carbocycles. The Bertz CT molecular complexity index is 609. The van der Waals surface area contributed by atoms with Crippen molar-refractivity contribution in [3.05, 3.63) is 23.0 Å². The number of nitrogens with two attached hydrogens (primary N) is 1. The van der Waals surface area contributed by atoms with Crippen LogP contribution in [0.4, 0.5) is 10.3 Å². The van der Waals surface area contributed by atoms with E-state index in [2.05, 4.69) is 4.98 Å². The summed E-state index contributed by atoms with van der Waals surface area (Å²) in [6.07, 6.45) is 0. The summed E-state index contributed by atoms with van der Waals surface area (Å²) in [5.41, 5.74) is 6.68. The van der Waals surface area contributed by atoms with Gasteiger partial charge in [0.15, 0.2) is 0 Å². The zero-order valence-electron chi connectivity index (χ0n) is 11.2. The number of halogens is 2. The average molecular weight is 286 g/mol. The molecule has 0 bridgehead atoms. The summed E-state index contributed by atoms with van der Waals surface area (Å²) in [5, 5.41) is 0.0428. The summed E-state index contributed by atoms with van der Waals surface area (Å²) in [5.74, 6) is -0.158. The van der Waals surface area contributed by atoms with Gasteiger partial charge in [0.25, 0.3) is 0 Å². The van der Waals surface area contributed by atoms with Gasteiger partial charge in [0, 0.05) is 12.7 Å². The second-order valence-electron chi connectivity index (χ2n) is 5.00. The van der Waals surface area contributed by atoms with E-state index in [9.17, 15) is 4.39 Å². The lowest BCUT2D eigenvalue weighted by atomic mass is 10.1. The van der Waals surface area contributed by atoms with Gasteiger partial charge in [-0.2, -0.15) is 0 Å². The van der Waals surface area contributed by atoms with Crippen LogP contribution in [0.1, 0.15) is 20.8 Å². The van der Waals surface area contributed by atoms with Gasteiger partial charge in [-0.3, -0.25) is 0 Å². The minimum atomic E-state index is -0.482. The topological polar surface area (TPSA) is 53.1 Å². The van der Waals surface area contributed by atoms with Gasteiger partial charge in [0.05, 0.1) is 28.2 Å². The molecule has 0 spiro atoms. The molecule has 2 aromatic rings. The maximum absolute atomic E-state index is 13.6. The summed E-state index contributed by atoms with van der Waals surface area (Å²) in [4.78, 5) is 4.19. The molecule has 0 aliphatic carbocycles. The summed E-state index contributed by atoms with van der Waals surface area (Å²) < 4.78 is 21.0. The van der Waals surface area contributed by atoms with E-state index < -0.39 is 11.4 Å². The second-order valence-corrected chi connectivity index (χ2v) is 5.41. The normalized spacial score (nSPS) is 12.3. The van der Waals surface area contributed by atoms with Crippen molar-refractivity contribution < 1.29 is 9.13 Å². The molecule has 0 saturated heterocycles.